The van der Waals surface area contributed by atoms with E-state index < -0.39 is 0 Å². The quantitative estimate of drug-likeness (QED) is 0.826. The van der Waals surface area contributed by atoms with Crippen LogP contribution in [0.3, 0.4) is 0 Å². The molecule has 0 saturated carbocycles. The molecule has 0 aromatic carbocycles. The second-order valence-electron chi connectivity index (χ2n) is 6.21. The number of aryl methyl sites for hydroxylation is 1. The first kappa shape index (κ1) is 16.6. The molecule has 24 heavy (non-hydrogen) atoms. The number of nitrogens with zero attached hydrogens (tertiary/aromatic N) is 3. The van der Waals surface area contributed by atoms with Crippen LogP contribution in [0.4, 0.5) is 0 Å². The molecule has 3 heterocycles. The van der Waals surface area contributed by atoms with Gasteiger partial charge in [0.15, 0.2) is 0 Å². The fraction of sp³-hybridized carbons (Fsp3) is 0.500. The van der Waals surface area contributed by atoms with Crippen molar-refractivity contribution in [3.05, 3.63) is 35.9 Å². The monoisotopic (exact) mass is 328 g/mol. The Kier molecular flexibility index (Phi) is 5.59. The lowest BCUT2D eigenvalue weighted by Gasteiger charge is -2.26. The van der Waals surface area contributed by atoms with Crippen LogP contribution in [-0.4, -0.2) is 47.1 Å². The van der Waals surface area contributed by atoms with Gasteiger partial charge in [-0.3, -0.25) is 9.78 Å². The molecule has 1 fully saturated rings. The molecule has 0 atom stereocenters. The molecule has 2 aromatic heterocycles. The Bertz CT molecular complexity index is 663. The molecule has 0 radical (unpaired) electrons. The third-order valence-electron chi connectivity index (χ3n) is 4.43. The highest BCUT2D eigenvalue weighted by molar-refractivity contribution is 6.00. The first-order chi connectivity index (χ1) is 11.8. The second kappa shape index (κ2) is 8.06. The van der Waals surface area contributed by atoms with Crippen molar-refractivity contribution in [2.45, 2.75) is 32.6 Å². The minimum absolute atomic E-state index is 0.126. The summed E-state index contributed by atoms with van der Waals surface area (Å²) in [5.74, 6) is 0.412. The first-order valence-corrected chi connectivity index (χ1v) is 8.63. The Morgan fingerprint density at radius 1 is 1.25 bits per heavy atom. The predicted molar refractivity (Wildman–Crippen MR) is 91.7 cm³/mol. The maximum atomic E-state index is 12.5. The molecule has 1 amide bonds. The average molecular weight is 328 g/mol. The summed E-state index contributed by atoms with van der Waals surface area (Å²) in [7, 11) is 0. The smallest absolute Gasteiger partial charge is 0.257 e. The molecule has 0 spiro atoms. The van der Waals surface area contributed by atoms with Gasteiger partial charge in [0.25, 0.3) is 5.91 Å². The van der Waals surface area contributed by atoms with E-state index in [-0.39, 0.29) is 5.91 Å². The van der Waals surface area contributed by atoms with Gasteiger partial charge in [0.1, 0.15) is 17.0 Å². The molecule has 1 aliphatic rings. The van der Waals surface area contributed by atoms with Crippen LogP contribution in [-0.2, 0) is 0 Å². The normalized spacial score (nSPS) is 15.4. The fourth-order valence-electron chi connectivity index (χ4n) is 3.12. The van der Waals surface area contributed by atoms with Gasteiger partial charge < -0.3 is 14.7 Å². The number of aromatic nitrogens is 2. The highest BCUT2D eigenvalue weighted by Gasteiger charge is 2.21. The van der Waals surface area contributed by atoms with E-state index in [0.717, 1.165) is 18.5 Å². The van der Waals surface area contributed by atoms with Crippen LogP contribution in [0.5, 0.6) is 0 Å². The number of rotatable bonds is 6. The number of hydrogen-bond donors (Lipinski definition) is 1. The zero-order valence-electron chi connectivity index (χ0n) is 14.1. The van der Waals surface area contributed by atoms with E-state index >= 15 is 0 Å². The molecule has 6 nitrogen and oxygen atoms in total. The summed E-state index contributed by atoms with van der Waals surface area (Å²) >= 11 is 0. The van der Waals surface area contributed by atoms with Crippen molar-refractivity contribution in [2.24, 2.45) is 0 Å². The number of carbonyl (C=O) groups excluding carboxylic acids is 1. The predicted octanol–water partition coefficient (Wildman–Crippen LogP) is 2.65. The van der Waals surface area contributed by atoms with Gasteiger partial charge in [-0.1, -0.05) is 11.6 Å². The van der Waals surface area contributed by atoms with Crippen LogP contribution in [0.2, 0.25) is 0 Å². The minimum atomic E-state index is -0.126. The lowest BCUT2D eigenvalue weighted by atomic mass is 10.1. The van der Waals surface area contributed by atoms with Gasteiger partial charge in [0, 0.05) is 24.5 Å². The van der Waals surface area contributed by atoms with E-state index in [1.165, 1.54) is 32.4 Å². The Morgan fingerprint density at radius 3 is 2.75 bits per heavy atom. The fourth-order valence-corrected chi connectivity index (χ4v) is 3.12. The lowest BCUT2D eigenvalue weighted by Crippen LogP contribution is -2.33. The Labute approximate surface area is 142 Å². The summed E-state index contributed by atoms with van der Waals surface area (Å²) in [6.45, 7) is 5.84. The maximum absolute atomic E-state index is 12.5. The van der Waals surface area contributed by atoms with Crippen molar-refractivity contribution in [2.75, 3.05) is 26.2 Å². The molecule has 0 unspecified atom stereocenters. The Balaban J connectivity index is 1.56. The van der Waals surface area contributed by atoms with Crippen molar-refractivity contribution in [3.8, 4) is 11.3 Å². The molecule has 3 rings (SSSR count). The number of amides is 1. The zero-order valence-corrected chi connectivity index (χ0v) is 14.1. The van der Waals surface area contributed by atoms with Gasteiger partial charge in [-0.25, -0.2) is 0 Å². The van der Waals surface area contributed by atoms with E-state index in [1.807, 2.05) is 12.1 Å². The van der Waals surface area contributed by atoms with Crippen LogP contribution >= 0.6 is 0 Å². The highest BCUT2D eigenvalue weighted by atomic mass is 16.5. The van der Waals surface area contributed by atoms with Crippen molar-refractivity contribution < 1.29 is 9.32 Å². The number of likely N-dealkylation sites (tertiary alicyclic amines) is 1. The number of nitrogens with one attached hydrogen (secondary N) is 1. The van der Waals surface area contributed by atoms with Crippen molar-refractivity contribution >= 4 is 5.91 Å². The molecule has 1 N–H and O–H groups in total. The number of hydrogen-bond acceptors (Lipinski definition) is 5. The third-order valence-corrected chi connectivity index (χ3v) is 4.43. The maximum Gasteiger partial charge on any atom is 0.257 e. The van der Waals surface area contributed by atoms with Crippen LogP contribution in [0.15, 0.2) is 29.0 Å². The molecule has 128 valence electrons. The molecule has 0 bridgehead atoms. The van der Waals surface area contributed by atoms with E-state index in [2.05, 4.69) is 20.4 Å². The summed E-state index contributed by atoms with van der Waals surface area (Å²) in [6.07, 6.45) is 8.25. The van der Waals surface area contributed by atoms with E-state index in [0.29, 0.717) is 23.6 Å². The van der Waals surface area contributed by atoms with E-state index in [1.54, 1.807) is 19.3 Å². The number of carbonyl (C=O) groups is 1. The van der Waals surface area contributed by atoms with Gasteiger partial charge in [-0.15, -0.1) is 0 Å². The van der Waals surface area contributed by atoms with Crippen LogP contribution in [0.25, 0.3) is 11.3 Å². The standard InChI is InChI=1S/C18H24N4O2/c1-14-16(17(21-24-14)15-6-9-19-10-7-15)18(23)20-8-5-13-22-11-3-2-4-12-22/h6-7,9-10H,2-5,8,11-13H2,1H3,(H,20,23). The highest BCUT2D eigenvalue weighted by Crippen LogP contribution is 2.24. The first-order valence-electron chi connectivity index (χ1n) is 8.63. The third kappa shape index (κ3) is 4.00. The summed E-state index contributed by atoms with van der Waals surface area (Å²) in [5, 5.41) is 7.03. The molecular weight excluding hydrogens is 304 g/mol. The summed E-state index contributed by atoms with van der Waals surface area (Å²) in [5.41, 5.74) is 1.92. The molecule has 1 aliphatic heterocycles. The number of pyridine rings is 1. The van der Waals surface area contributed by atoms with Gasteiger partial charge in [0.05, 0.1) is 0 Å². The van der Waals surface area contributed by atoms with Crippen molar-refractivity contribution in [3.63, 3.8) is 0 Å². The van der Waals surface area contributed by atoms with Crippen LogP contribution < -0.4 is 5.32 Å². The van der Waals surface area contributed by atoms with Gasteiger partial charge in [-0.05, 0) is 58.0 Å². The Morgan fingerprint density at radius 2 is 2.00 bits per heavy atom. The Hall–Kier alpha value is -2.21. The minimum Gasteiger partial charge on any atom is -0.360 e. The molecule has 0 aliphatic carbocycles. The SMILES string of the molecule is Cc1onc(-c2ccncc2)c1C(=O)NCCCN1CCCCC1. The van der Waals surface area contributed by atoms with Crippen molar-refractivity contribution in [1.29, 1.82) is 0 Å². The lowest BCUT2D eigenvalue weighted by molar-refractivity contribution is 0.0950. The summed E-state index contributed by atoms with van der Waals surface area (Å²) in [4.78, 5) is 19.0. The van der Waals surface area contributed by atoms with Gasteiger partial charge in [-0.2, -0.15) is 0 Å². The van der Waals surface area contributed by atoms with Crippen LogP contribution in [0, 0.1) is 6.92 Å². The number of piperidine rings is 1. The summed E-state index contributed by atoms with van der Waals surface area (Å²) in [6, 6.07) is 3.65. The second-order valence-corrected chi connectivity index (χ2v) is 6.21. The zero-order chi connectivity index (χ0) is 16.8. The largest absolute Gasteiger partial charge is 0.360 e. The molecule has 6 heteroatoms. The van der Waals surface area contributed by atoms with Gasteiger partial charge in [0.2, 0.25) is 0 Å². The molecule has 2 aromatic rings. The van der Waals surface area contributed by atoms with Crippen LogP contribution in [0.1, 0.15) is 41.8 Å². The van der Waals surface area contributed by atoms with E-state index in [4.69, 9.17) is 4.52 Å². The topological polar surface area (TPSA) is 71.3 Å². The summed E-state index contributed by atoms with van der Waals surface area (Å²) < 4.78 is 5.23. The molecular formula is C18H24N4O2. The molecule has 1 saturated heterocycles. The van der Waals surface area contributed by atoms with E-state index in [9.17, 15) is 4.79 Å². The average Bonchev–Trinajstić information content (AvgIpc) is 3.02. The van der Waals surface area contributed by atoms with Gasteiger partial charge >= 0.3 is 0 Å². The van der Waals surface area contributed by atoms with Crippen molar-refractivity contribution in [1.82, 2.24) is 20.4 Å².